The number of aliphatic carboxylic acids is 1. The predicted octanol–water partition coefficient (Wildman–Crippen LogP) is 3.01. The van der Waals surface area contributed by atoms with Crippen molar-refractivity contribution in [2.45, 2.75) is 66.7 Å². The molecule has 0 aliphatic rings. The number of carboxylic acid groups (broad SMARTS) is 1. The quantitative estimate of drug-likeness (QED) is 0.639. The summed E-state index contributed by atoms with van der Waals surface area (Å²) in [5.74, 6) is 0.229. The molecule has 0 fully saturated rings. The van der Waals surface area contributed by atoms with Crippen molar-refractivity contribution in [3.63, 3.8) is 0 Å². The molecule has 0 saturated heterocycles. The van der Waals surface area contributed by atoms with Crippen LogP contribution in [0.4, 0.5) is 0 Å². The molecular weight excluding hydrogens is 200 g/mol. The summed E-state index contributed by atoms with van der Waals surface area (Å²) in [6.07, 6.45) is 5.61. The van der Waals surface area contributed by atoms with Gasteiger partial charge in [-0.3, -0.25) is 0 Å². The summed E-state index contributed by atoms with van der Waals surface area (Å²) in [5, 5.41) is 10.9. The molecule has 0 spiro atoms. The fourth-order valence-corrected chi connectivity index (χ4v) is 2.40. The van der Waals surface area contributed by atoms with E-state index in [0.717, 1.165) is 6.42 Å². The van der Waals surface area contributed by atoms with Gasteiger partial charge in [-0.1, -0.05) is 53.9 Å². The Hall–Kier alpha value is -0.530. The van der Waals surface area contributed by atoms with Crippen LogP contribution in [-0.2, 0) is 4.79 Å². The van der Waals surface area contributed by atoms with Gasteiger partial charge in [0.2, 0.25) is 0 Å². The summed E-state index contributed by atoms with van der Waals surface area (Å²) >= 11 is 0. The van der Waals surface area contributed by atoms with E-state index in [0.29, 0.717) is 18.3 Å². The molecule has 0 aromatic rings. The van der Waals surface area contributed by atoms with E-state index in [-0.39, 0.29) is 0 Å². The minimum Gasteiger partial charge on any atom is -0.550 e. The van der Waals surface area contributed by atoms with E-state index in [1.165, 1.54) is 19.3 Å². The van der Waals surface area contributed by atoms with E-state index >= 15 is 0 Å². The highest BCUT2D eigenvalue weighted by molar-refractivity contribution is 5.71. The highest BCUT2D eigenvalue weighted by atomic mass is 16.4. The van der Waals surface area contributed by atoms with Gasteiger partial charge >= 0.3 is 0 Å². The minimum absolute atomic E-state index is 0.458. The van der Waals surface area contributed by atoms with Gasteiger partial charge in [0.15, 0.2) is 0 Å². The Bertz CT molecular complexity index is 209. The molecule has 2 atom stereocenters. The van der Waals surface area contributed by atoms with E-state index in [4.69, 9.17) is 0 Å². The second-order valence-electron chi connectivity index (χ2n) is 5.96. The molecule has 0 aliphatic carbocycles. The molecule has 96 valence electrons. The first-order valence-corrected chi connectivity index (χ1v) is 6.51. The van der Waals surface area contributed by atoms with Gasteiger partial charge in [-0.25, -0.2) is 0 Å². The van der Waals surface area contributed by atoms with Crippen LogP contribution in [0.5, 0.6) is 0 Å². The number of carboxylic acids is 1. The third kappa shape index (κ3) is 6.14. The molecule has 0 N–H and O–H groups in total. The maximum absolute atomic E-state index is 10.9. The second-order valence-corrected chi connectivity index (χ2v) is 5.96. The first-order valence-electron chi connectivity index (χ1n) is 6.51. The summed E-state index contributed by atoms with van der Waals surface area (Å²) in [5.41, 5.74) is -0.691. The van der Waals surface area contributed by atoms with Gasteiger partial charge in [-0.2, -0.15) is 0 Å². The van der Waals surface area contributed by atoms with Crippen LogP contribution in [0.3, 0.4) is 0 Å². The van der Waals surface area contributed by atoms with Crippen molar-refractivity contribution in [3.05, 3.63) is 0 Å². The van der Waals surface area contributed by atoms with Crippen LogP contribution in [0.25, 0.3) is 0 Å². The Morgan fingerprint density at radius 1 is 1.25 bits per heavy atom. The second kappa shape index (κ2) is 6.93. The molecule has 0 amide bonds. The molecule has 0 aromatic heterocycles. The van der Waals surface area contributed by atoms with Crippen LogP contribution in [0.2, 0.25) is 0 Å². The molecule has 0 radical (unpaired) electrons. The number of carbonyl (C=O) groups is 1. The third-order valence-electron chi connectivity index (χ3n) is 3.27. The highest BCUT2D eigenvalue weighted by Crippen LogP contribution is 2.29. The monoisotopic (exact) mass is 227 g/mol. The largest absolute Gasteiger partial charge is 0.550 e. The maximum atomic E-state index is 10.9. The van der Waals surface area contributed by atoms with Crippen LogP contribution >= 0.6 is 0 Å². The summed E-state index contributed by atoms with van der Waals surface area (Å²) in [6.45, 7) is 10.1. The maximum Gasteiger partial charge on any atom is 0.0470 e. The Kier molecular flexibility index (Phi) is 6.70. The number of hydrogen-bond acceptors (Lipinski definition) is 2. The molecular formula is C14H27O2-. The molecule has 0 heterocycles. The number of unbranched alkanes of at least 4 members (excludes halogenated alkanes) is 1. The van der Waals surface area contributed by atoms with Crippen molar-refractivity contribution in [3.8, 4) is 0 Å². The van der Waals surface area contributed by atoms with E-state index in [1.54, 1.807) is 13.8 Å². The van der Waals surface area contributed by atoms with Crippen molar-refractivity contribution in [1.29, 1.82) is 0 Å². The highest BCUT2D eigenvalue weighted by Gasteiger charge is 2.23. The summed E-state index contributed by atoms with van der Waals surface area (Å²) in [6, 6.07) is 0. The van der Waals surface area contributed by atoms with E-state index < -0.39 is 11.4 Å². The fourth-order valence-electron chi connectivity index (χ4n) is 2.40. The van der Waals surface area contributed by atoms with Gasteiger partial charge in [0.05, 0.1) is 0 Å². The molecule has 0 bridgehead atoms. The molecule has 0 aliphatic heterocycles. The van der Waals surface area contributed by atoms with Crippen LogP contribution < -0.4 is 5.11 Å². The lowest BCUT2D eigenvalue weighted by Gasteiger charge is -2.30. The van der Waals surface area contributed by atoms with Crippen LogP contribution in [0.15, 0.2) is 0 Å². The molecule has 0 rings (SSSR count). The first kappa shape index (κ1) is 15.5. The summed E-state index contributed by atoms with van der Waals surface area (Å²) < 4.78 is 0. The Balaban J connectivity index is 3.98. The zero-order valence-corrected chi connectivity index (χ0v) is 11.5. The molecule has 16 heavy (non-hydrogen) atoms. The summed E-state index contributed by atoms with van der Waals surface area (Å²) in [7, 11) is 0. The van der Waals surface area contributed by atoms with Gasteiger partial charge in [0, 0.05) is 11.4 Å². The van der Waals surface area contributed by atoms with E-state index in [9.17, 15) is 9.90 Å². The normalized spacial score (nSPS) is 15.8. The smallest absolute Gasteiger partial charge is 0.0470 e. The lowest BCUT2D eigenvalue weighted by atomic mass is 9.80. The fraction of sp³-hybridized carbons (Fsp3) is 0.929. The zero-order valence-electron chi connectivity index (χ0n) is 11.5. The zero-order chi connectivity index (χ0) is 12.8. The van der Waals surface area contributed by atoms with Crippen molar-refractivity contribution >= 4 is 5.97 Å². The van der Waals surface area contributed by atoms with Gasteiger partial charge in [-0.05, 0) is 24.7 Å². The average molecular weight is 227 g/mol. The average Bonchev–Trinajstić information content (AvgIpc) is 2.13. The molecule has 2 heteroatoms. The molecule has 0 aromatic carbocycles. The lowest BCUT2D eigenvalue weighted by molar-refractivity contribution is -0.318. The minimum atomic E-state index is -0.930. The standard InChI is InChI=1S/C14H28O2/c1-6-7-8-11(2)9-12(3)10-14(4,5)13(15)16/h11-12H,6-10H2,1-5H3,(H,15,16)/p-1. The first-order chi connectivity index (χ1) is 7.29. The Morgan fingerprint density at radius 3 is 2.25 bits per heavy atom. The molecule has 2 nitrogen and oxygen atoms in total. The predicted molar refractivity (Wildman–Crippen MR) is 65.9 cm³/mol. The number of hydrogen-bond donors (Lipinski definition) is 0. The molecule has 0 saturated carbocycles. The van der Waals surface area contributed by atoms with Crippen LogP contribution in [0.1, 0.15) is 66.7 Å². The molecule has 2 unspecified atom stereocenters. The Morgan fingerprint density at radius 2 is 1.81 bits per heavy atom. The van der Waals surface area contributed by atoms with Crippen molar-refractivity contribution in [2.24, 2.45) is 17.3 Å². The van der Waals surface area contributed by atoms with E-state index in [2.05, 4.69) is 20.8 Å². The van der Waals surface area contributed by atoms with Gasteiger partial charge in [0.1, 0.15) is 0 Å². The lowest BCUT2D eigenvalue weighted by Crippen LogP contribution is -2.39. The Labute approximate surface area is 100 Å². The van der Waals surface area contributed by atoms with Crippen molar-refractivity contribution < 1.29 is 9.90 Å². The third-order valence-corrected chi connectivity index (χ3v) is 3.27. The number of rotatable bonds is 8. The topological polar surface area (TPSA) is 40.1 Å². The van der Waals surface area contributed by atoms with Gasteiger partial charge in [0.25, 0.3) is 0 Å². The summed E-state index contributed by atoms with van der Waals surface area (Å²) in [4.78, 5) is 10.9. The van der Waals surface area contributed by atoms with Gasteiger partial charge < -0.3 is 9.90 Å². The van der Waals surface area contributed by atoms with E-state index in [1.807, 2.05) is 0 Å². The van der Waals surface area contributed by atoms with Crippen molar-refractivity contribution in [1.82, 2.24) is 0 Å². The van der Waals surface area contributed by atoms with Crippen molar-refractivity contribution in [2.75, 3.05) is 0 Å². The van der Waals surface area contributed by atoms with Gasteiger partial charge in [-0.15, -0.1) is 0 Å². The number of carbonyl (C=O) groups excluding carboxylic acids is 1. The SMILES string of the molecule is CCCCC(C)CC(C)CC(C)(C)C(=O)[O-]. The van der Waals surface area contributed by atoms with Crippen LogP contribution in [0, 0.1) is 17.3 Å². The van der Waals surface area contributed by atoms with Crippen LogP contribution in [-0.4, -0.2) is 5.97 Å².